The third-order valence-electron chi connectivity index (χ3n) is 1.88. The highest BCUT2D eigenvalue weighted by Crippen LogP contribution is 2.36. The fraction of sp³-hybridized carbons (Fsp3) is 0.500. The van der Waals surface area contributed by atoms with Crippen LogP contribution in [0.1, 0.15) is 39.3 Å². The summed E-state index contributed by atoms with van der Waals surface area (Å²) < 4.78 is 1.31. The molecule has 2 N–H and O–H groups in total. The predicted molar refractivity (Wildman–Crippen MR) is 72.4 cm³/mol. The van der Waals surface area contributed by atoms with Crippen molar-refractivity contribution in [2.24, 2.45) is 5.73 Å². The van der Waals surface area contributed by atoms with E-state index in [-0.39, 0.29) is 10.8 Å². The zero-order chi connectivity index (χ0) is 11.6. The molecule has 0 radical (unpaired) electrons. The molecule has 0 heterocycles. The molecule has 0 saturated heterocycles. The standard InChI is InChI=1S/C12H18BrNS/c1-8(14)10-7-9(13)5-6-11(10)15-12(2,3)4/h5-8H,14H2,1-4H3. The molecule has 0 aliphatic heterocycles. The van der Waals surface area contributed by atoms with Gasteiger partial charge in [-0.3, -0.25) is 0 Å². The smallest absolute Gasteiger partial charge is 0.0277 e. The number of thioether (sulfide) groups is 1. The van der Waals surface area contributed by atoms with Gasteiger partial charge in [0.05, 0.1) is 0 Å². The molecular formula is C12H18BrNS. The summed E-state index contributed by atoms with van der Waals surface area (Å²) in [6, 6.07) is 6.39. The first kappa shape index (κ1) is 13.1. The Kier molecular flexibility index (Phi) is 4.27. The summed E-state index contributed by atoms with van der Waals surface area (Å²) in [5.41, 5.74) is 7.18. The lowest BCUT2D eigenvalue weighted by Gasteiger charge is -2.21. The fourth-order valence-corrected chi connectivity index (χ4v) is 2.84. The second-order valence-electron chi connectivity index (χ2n) is 4.69. The maximum atomic E-state index is 5.97. The van der Waals surface area contributed by atoms with Crippen molar-refractivity contribution < 1.29 is 0 Å². The molecule has 0 fully saturated rings. The molecule has 0 amide bonds. The number of rotatable bonds is 2. The second kappa shape index (κ2) is 4.89. The van der Waals surface area contributed by atoms with Gasteiger partial charge in [0, 0.05) is 20.2 Å². The van der Waals surface area contributed by atoms with Gasteiger partial charge in [-0.1, -0.05) is 36.7 Å². The van der Waals surface area contributed by atoms with Gasteiger partial charge in [-0.05, 0) is 30.7 Å². The summed E-state index contributed by atoms with van der Waals surface area (Å²) >= 11 is 5.34. The first-order chi connectivity index (χ1) is 6.79. The van der Waals surface area contributed by atoms with Crippen LogP contribution in [0.15, 0.2) is 27.6 Å². The third kappa shape index (κ3) is 4.17. The molecule has 1 nitrogen and oxygen atoms in total. The average Bonchev–Trinajstić information content (AvgIpc) is 2.05. The van der Waals surface area contributed by atoms with Crippen molar-refractivity contribution in [1.82, 2.24) is 0 Å². The van der Waals surface area contributed by atoms with Crippen molar-refractivity contribution in [3.8, 4) is 0 Å². The topological polar surface area (TPSA) is 26.0 Å². The fourth-order valence-electron chi connectivity index (χ4n) is 1.30. The normalized spacial score (nSPS) is 14.0. The van der Waals surface area contributed by atoms with E-state index in [9.17, 15) is 0 Å². The Morgan fingerprint density at radius 2 is 1.93 bits per heavy atom. The molecule has 1 atom stereocenters. The Labute approximate surface area is 105 Å². The second-order valence-corrected chi connectivity index (χ2v) is 7.47. The summed E-state index contributed by atoms with van der Waals surface area (Å²) in [7, 11) is 0. The van der Waals surface area contributed by atoms with Crippen molar-refractivity contribution in [3.63, 3.8) is 0 Å². The average molecular weight is 288 g/mol. The summed E-state index contributed by atoms with van der Waals surface area (Å²) in [4.78, 5) is 1.28. The third-order valence-corrected chi connectivity index (χ3v) is 3.58. The molecule has 0 aliphatic rings. The van der Waals surface area contributed by atoms with Gasteiger partial charge in [0.1, 0.15) is 0 Å². The van der Waals surface area contributed by atoms with E-state index in [1.165, 1.54) is 10.5 Å². The van der Waals surface area contributed by atoms with Gasteiger partial charge in [-0.25, -0.2) is 0 Å². The number of halogens is 1. The number of benzene rings is 1. The molecule has 1 aromatic rings. The van der Waals surface area contributed by atoms with E-state index < -0.39 is 0 Å². The Morgan fingerprint density at radius 3 is 2.40 bits per heavy atom. The Bertz CT molecular complexity index is 342. The lowest BCUT2D eigenvalue weighted by molar-refractivity contribution is 0.780. The summed E-state index contributed by atoms with van der Waals surface area (Å²) in [5, 5.41) is 0. The molecule has 1 aromatic carbocycles. The largest absolute Gasteiger partial charge is 0.324 e. The first-order valence-electron chi connectivity index (χ1n) is 5.03. The lowest BCUT2D eigenvalue weighted by Crippen LogP contribution is -2.11. The Hall–Kier alpha value is 0.01000. The van der Waals surface area contributed by atoms with Crippen LogP contribution in [0, 0.1) is 0 Å². The monoisotopic (exact) mass is 287 g/mol. The molecule has 0 saturated carbocycles. The lowest BCUT2D eigenvalue weighted by atomic mass is 10.1. The van der Waals surface area contributed by atoms with Gasteiger partial charge in [-0.15, -0.1) is 11.8 Å². The Morgan fingerprint density at radius 1 is 1.33 bits per heavy atom. The maximum absolute atomic E-state index is 5.97. The van der Waals surface area contributed by atoms with Crippen LogP contribution in [0.4, 0.5) is 0 Å². The minimum atomic E-state index is 0.0762. The van der Waals surface area contributed by atoms with Gasteiger partial charge >= 0.3 is 0 Å². The highest BCUT2D eigenvalue weighted by molar-refractivity contribution is 9.10. The van der Waals surface area contributed by atoms with Gasteiger partial charge in [0.25, 0.3) is 0 Å². The number of hydrogen-bond donors (Lipinski definition) is 1. The van der Waals surface area contributed by atoms with Gasteiger partial charge in [-0.2, -0.15) is 0 Å². The summed E-state index contributed by atoms with van der Waals surface area (Å²) in [6.45, 7) is 8.66. The van der Waals surface area contributed by atoms with Crippen LogP contribution in [0.2, 0.25) is 0 Å². The minimum absolute atomic E-state index is 0.0762. The van der Waals surface area contributed by atoms with Crippen molar-refractivity contribution in [1.29, 1.82) is 0 Å². The number of nitrogens with two attached hydrogens (primary N) is 1. The van der Waals surface area contributed by atoms with Gasteiger partial charge in [0.2, 0.25) is 0 Å². The molecule has 84 valence electrons. The molecule has 0 bridgehead atoms. The highest BCUT2D eigenvalue weighted by atomic mass is 79.9. The quantitative estimate of drug-likeness (QED) is 0.818. The van der Waals surface area contributed by atoms with Crippen LogP contribution in [0.3, 0.4) is 0 Å². The van der Waals surface area contributed by atoms with Crippen LogP contribution in [-0.2, 0) is 0 Å². The van der Waals surface area contributed by atoms with Crippen molar-refractivity contribution in [2.45, 2.75) is 43.4 Å². The number of hydrogen-bond acceptors (Lipinski definition) is 2. The van der Waals surface area contributed by atoms with E-state index in [4.69, 9.17) is 5.73 Å². The molecule has 0 aliphatic carbocycles. The summed E-state index contributed by atoms with van der Waals surface area (Å²) in [5.74, 6) is 0. The van der Waals surface area contributed by atoms with Crippen LogP contribution >= 0.6 is 27.7 Å². The predicted octanol–water partition coefficient (Wildman–Crippen LogP) is 4.36. The highest BCUT2D eigenvalue weighted by Gasteiger charge is 2.16. The first-order valence-corrected chi connectivity index (χ1v) is 6.64. The van der Waals surface area contributed by atoms with E-state index in [1.807, 2.05) is 18.7 Å². The van der Waals surface area contributed by atoms with E-state index in [0.717, 1.165) is 4.47 Å². The van der Waals surface area contributed by atoms with Gasteiger partial charge in [0.15, 0.2) is 0 Å². The van der Waals surface area contributed by atoms with Crippen molar-refractivity contribution in [2.75, 3.05) is 0 Å². The van der Waals surface area contributed by atoms with E-state index >= 15 is 0 Å². The van der Waals surface area contributed by atoms with Gasteiger partial charge < -0.3 is 5.73 Å². The van der Waals surface area contributed by atoms with E-state index in [0.29, 0.717) is 0 Å². The maximum Gasteiger partial charge on any atom is 0.0277 e. The van der Waals surface area contributed by atoms with Crippen molar-refractivity contribution >= 4 is 27.7 Å². The van der Waals surface area contributed by atoms with Crippen molar-refractivity contribution in [3.05, 3.63) is 28.2 Å². The Balaban J connectivity index is 3.06. The summed E-state index contributed by atoms with van der Waals surface area (Å²) in [6.07, 6.45) is 0. The molecule has 1 rings (SSSR count). The SMILES string of the molecule is CC(N)c1cc(Br)ccc1SC(C)(C)C. The molecular weight excluding hydrogens is 270 g/mol. The molecule has 3 heteroatoms. The van der Waals surface area contributed by atoms with Crippen LogP contribution in [0.5, 0.6) is 0 Å². The van der Waals surface area contributed by atoms with E-state index in [1.54, 1.807) is 0 Å². The molecule has 15 heavy (non-hydrogen) atoms. The minimum Gasteiger partial charge on any atom is -0.324 e. The van der Waals surface area contributed by atoms with E-state index in [2.05, 4.69) is 54.9 Å². The zero-order valence-corrected chi connectivity index (χ0v) is 12.1. The zero-order valence-electron chi connectivity index (χ0n) is 9.67. The van der Waals surface area contributed by atoms with Crippen LogP contribution in [0.25, 0.3) is 0 Å². The molecule has 1 unspecified atom stereocenters. The van der Waals surface area contributed by atoms with Crippen LogP contribution < -0.4 is 5.73 Å². The van der Waals surface area contributed by atoms with Crippen LogP contribution in [-0.4, -0.2) is 4.75 Å². The molecule has 0 spiro atoms. The molecule has 0 aromatic heterocycles.